The fourth-order valence-electron chi connectivity index (χ4n) is 1.41. The summed E-state index contributed by atoms with van der Waals surface area (Å²) < 4.78 is -0.829. The molecule has 1 aromatic rings. The summed E-state index contributed by atoms with van der Waals surface area (Å²) in [6.07, 6.45) is 4.58. The molecule has 1 heterocycles. The minimum atomic E-state index is -0.829. The summed E-state index contributed by atoms with van der Waals surface area (Å²) in [7, 11) is 0. The van der Waals surface area contributed by atoms with Crippen LogP contribution in [0.25, 0.3) is 0 Å². The average Bonchev–Trinajstić information content (AvgIpc) is 2.21. The van der Waals surface area contributed by atoms with E-state index in [2.05, 4.69) is 4.98 Å². The van der Waals surface area contributed by atoms with Crippen molar-refractivity contribution in [1.29, 1.82) is 0 Å². The maximum absolute atomic E-state index is 11.2. The number of hydrogen-bond acceptors (Lipinski definition) is 4. The Balaban J connectivity index is 2.92. The van der Waals surface area contributed by atoms with Crippen molar-refractivity contribution in [3.05, 3.63) is 18.5 Å². The lowest BCUT2D eigenvalue weighted by Gasteiger charge is -2.23. The van der Waals surface area contributed by atoms with E-state index in [-0.39, 0.29) is 0 Å². The second-order valence-electron chi connectivity index (χ2n) is 3.80. The maximum atomic E-state index is 11.2. The van der Waals surface area contributed by atoms with Crippen LogP contribution >= 0.6 is 11.8 Å². The Bertz CT molecular complexity index is 384. The first kappa shape index (κ1) is 12.8. The zero-order valence-electron chi connectivity index (χ0n) is 9.43. The SMILES string of the molecule is CCCC(C)(Sc1ccncc1N)C(=O)O. The summed E-state index contributed by atoms with van der Waals surface area (Å²) in [5.41, 5.74) is 6.27. The largest absolute Gasteiger partial charge is 0.480 e. The summed E-state index contributed by atoms with van der Waals surface area (Å²) in [6, 6.07) is 1.75. The summed E-state index contributed by atoms with van der Waals surface area (Å²) in [5, 5.41) is 9.24. The molecule has 3 N–H and O–H groups in total. The van der Waals surface area contributed by atoms with E-state index in [1.165, 1.54) is 18.0 Å². The van der Waals surface area contributed by atoms with Crippen molar-refractivity contribution in [2.24, 2.45) is 0 Å². The Kier molecular flexibility index (Phi) is 4.18. The molecule has 0 aromatic carbocycles. The molecule has 1 atom stereocenters. The fraction of sp³-hybridized carbons (Fsp3) is 0.455. The second kappa shape index (κ2) is 5.21. The van der Waals surface area contributed by atoms with Crippen molar-refractivity contribution >= 4 is 23.4 Å². The van der Waals surface area contributed by atoms with Crippen molar-refractivity contribution in [3.63, 3.8) is 0 Å². The molecule has 0 radical (unpaired) electrons. The number of aliphatic carboxylic acids is 1. The van der Waals surface area contributed by atoms with Crippen LogP contribution in [0.1, 0.15) is 26.7 Å². The van der Waals surface area contributed by atoms with Gasteiger partial charge in [-0.3, -0.25) is 9.78 Å². The lowest BCUT2D eigenvalue weighted by molar-refractivity contribution is -0.139. The first-order chi connectivity index (χ1) is 7.49. The number of aromatic nitrogens is 1. The number of carboxylic acids is 1. The first-order valence-corrected chi connectivity index (χ1v) is 5.93. The van der Waals surface area contributed by atoms with Gasteiger partial charge in [-0.1, -0.05) is 13.3 Å². The molecule has 0 saturated heterocycles. The van der Waals surface area contributed by atoms with E-state index >= 15 is 0 Å². The molecule has 88 valence electrons. The van der Waals surface area contributed by atoms with E-state index in [1.54, 1.807) is 19.2 Å². The van der Waals surface area contributed by atoms with Crippen molar-refractivity contribution in [1.82, 2.24) is 4.98 Å². The maximum Gasteiger partial charge on any atom is 0.319 e. The number of thioether (sulfide) groups is 1. The van der Waals surface area contributed by atoms with E-state index in [4.69, 9.17) is 5.73 Å². The minimum Gasteiger partial charge on any atom is -0.480 e. The third-order valence-corrected chi connectivity index (χ3v) is 3.75. The van der Waals surface area contributed by atoms with Gasteiger partial charge in [0, 0.05) is 11.1 Å². The summed E-state index contributed by atoms with van der Waals surface area (Å²) >= 11 is 1.29. The molecule has 0 fully saturated rings. The van der Waals surface area contributed by atoms with Crippen molar-refractivity contribution in [2.45, 2.75) is 36.3 Å². The van der Waals surface area contributed by atoms with Gasteiger partial charge in [0.2, 0.25) is 0 Å². The first-order valence-electron chi connectivity index (χ1n) is 5.11. The number of anilines is 1. The van der Waals surface area contributed by atoms with Crippen LogP contribution in [-0.4, -0.2) is 20.8 Å². The number of carboxylic acid groups (broad SMARTS) is 1. The van der Waals surface area contributed by atoms with E-state index in [9.17, 15) is 9.90 Å². The van der Waals surface area contributed by atoms with Gasteiger partial charge in [0.1, 0.15) is 4.75 Å². The lowest BCUT2D eigenvalue weighted by atomic mass is 10.1. The van der Waals surface area contributed by atoms with Gasteiger partial charge < -0.3 is 10.8 Å². The molecule has 1 aromatic heterocycles. The number of nitrogens with two attached hydrogens (primary N) is 1. The molecule has 16 heavy (non-hydrogen) atoms. The second-order valence-corrected chi connectivity index (χ2v) is 5.35. The zero-order chi connectivity index (χ0) is 12.2. The van der Waals surface area contributed by atoms with Crippen LogP contribution in [0.2, 0.25) is 0 Å². The number of rotatable bonds is 5. The highest BCUT2D eigenvalue weighted by Gasteiger charge is 2.33. The van der Waals surface area contributed by atoms with Crippen molar-refractivity contribution in [3.8, 4) is 0 Å². The van der Waals surface area contributed by atoms with Gasteiger partial charge in [-0.15, -0.1) is 11.8 Å². The summed E-state index contributed by atoms with van der Waals surface area (Å²) in [5.74, 6) is -0.810. The standard InChI is InChI=1S/C11H16N2O2S/c1-3-5-11(2,10(14)15)16-9-4-6-13-7-8(9)12/h4,6-7H,3,5,12H2,1-2H3,(H,14,15). The number of nitrogen functional groups attached to an aromatic ring is 1. The average molecular weight is 240 g/mol. The van der Waals surface area contributed by atoms with Gasteiger partial charge in [-0.25, -0.2) is 0 Å². The molecule has 0 bridgehead atoms. The molecule has 0 aliphatic carbocycles. The van der Waals surface area contributed by atoms with Crippen molar-refractivity contribution in [2.75, 3.05) is 5.73 Å². The normalized spacial score (nSPS) is 14.4. The molecule has 5 heteroatoms. The van der Waals surface area contributed by atoms with E-state index in [1.807, 2.05) is 6.92 Å². The van der Waals surface area contributed by atoms with Crippen LogP contribution in [0, 0.1) is 0 Å². The summed E-state index contributed by atoms with van der Waals surface area (Å²) in [4.78, 5) is 15.9. The number of pyridine rings is 1. The molecule has 0 aliphatic rings. The molecule has 1 rings (SSSR count). The highest BCUT2D eigenvalue weighted by Crippen LogP contribution is 2.38. The van der Waals surface area contributed by atoms with Gasteiger partial charge in [-0.2, -0.15) is 0 Å². The van der Waals surface area contributed by atoms with Crippen LogP contribution in [0.5, 0.6) is 0 Å². The topological polar surface area (TPSA) is 76.2 Å². The highest BCUT2D eigenvalue weighted by atomic mass is 32.2. The molecule has 0 aliphatic heterocycles. The van der Waals surface area contributed by atoms with Gasteiger partial charge in [-0.05, 0) is 19.4 Å². The van der Waals surface area contributed by atoms with E-state index in [0.29, 0.717) is 12.1 Å². The van der Waals surface area contributed by atoms with Gasteiger partial charge in [0.15, 0.2) is 0 Å². The quantitative estimate of drug-likeness (QED) is 0.773. The number of hydrogen-bond donors (Lipinski definition) is 2. The smallest absolute Gasteiger partial charge is 0.319 e. The van der Waals surface area contributed by atoms with Gasteiger partial charge >= 0.3 is 5.97 Å². The van der Waals surface area contributed by atoms with Crippen LogP contribution in [0.15, 0.2) is 23.4 Å². The molecule has 1 unspecified atom stereocenters. The molecule has 0 spiro atoms. The molecule has 0 saturated carbocycles. The van der Waals surface area contributed by atoms with Gasteiger partial charge in [0.25, 0.3) is 0 Å². The van der Waals surface area contributed by atoms with Crippen LogP contribution in [0.3, 0.4) is 0 Å². The lowest BCUT2D eigenvalue weighted by Crippen LogP contribution is -2.31. The predicted octanol–water partition coefficient (Wildman–Crippen LogP) is 2.40. The Morgan fingerprint density at radius 1 is 1.69 bits per heavy atom. The number of carbonyl (C=O) groups is 1. The molecule has 0 amide bonds. The van der Waals surface area contributed by atoms with Crippen LogP contribution < -0.4 is 5.73 Å². The van der Waals surface area contributed by atoms with Gasteiger partial charge in [0.05, 0.1) is 11.9 Å². The third kappa shape index (κ3) is 2.88. The zero-order valence-corrected chi connectivity index (χ0v) is 10.3. The monoisotopic (exact) mass is 240 g/mol. The van der Waals surface area contributed by atoms with E-state index in [0.717, 1.165) is 11.3 Å². The van der Waals surface area contributed by atoms with E-state index < -0.39 is 10.7 Å². The Labute approximate surface area is 99.3 Å². The molecule has 4 nitrogen and oxygen atoms in total. The summed E-state index contributed by atoms with van der Waals surface area (Å²) in [6.45, 7) is 3.70. The highest BCUT2D eigenvalue weighted by molar-refractivity contribution is 8.01. The Morgan fingerprint density at radius 3 is 2.88 bits per heavy atom. The number of nitrogens with zero attached hydrogens (tertiary/aromatic N) is 1. The molecular weight excluding hydrogens is 224 g/mol. The van der Waals surface area contributed by atoms with Crippen LogP contribution in [-0.2, 0) is 4.79 Å². The Hall–Kier alpha value is -1.23. The fourth-order valence-corrected chi connectivity index (χ4v) is 2.59. The third-order valence-electron chi connectivity index (χ3n) is 2.32. The Morgan fingerprint density at radius 2 is 2.38 bits per heavy atom. The minimum absolute atomic E-state index is 0.524. The molecular formula is C11H16N2O2S. The predicted molar refractivity (Wildman–Crippen MR) is 65.5 cm³/mol. The van der Waals surface area contributed by atoms with Crippen LogP contribution in [0.4, 0.5) is 5.69 Å². The van der Waals surface area contributed by atoms with Crippen molar-refractivity contribution < 1.29 is 9.90 Å².